The first kappa shape index (κ1) is 12.9. The van der Waals surface area contributed by atoms with Crippen LogP contribution in [0.25, 0.3) is 0 Å². The molecule has 1 saturated carbocycles. The lowest BCUT2D eigenvalue weighted by molar-refractivity contribution is -0.184. The molecule has 0 atom stereocenters. The fourth-order valence-corrected chi connectivity index (χ4v) is 3.17. The van der Waals surface area contributed by atoms with Gasteiger partial charge in [-0.05, 0) is 54.5 Å². The maximum Gasteiger partial charge on any atom is 0.391 e. The van der Waals surface area contributed by atoms with Crippen LogP contribution >= 0.6 is 11.3 Å². The van der Waals surface area contributed by atoms with E-state index in [1.165, 1.54) is 0 Å². The lowest BCUT2D eigenvalue weighted by Crippen LogP contribution is -2.47. The number of thiophene rings is 1. The van der Waals surface area contributed by atoms with Gasteiger partial charge in [-0.1, -0.05) is 0 Å². The van der Waals surface area contributed by atoms with Gasteiger partial charge in [0.1, 0.15) is 0 Å². The summed E-state index contributed by atoms with van der Waals surface area (Å²) in [6.07, 6.45) is -2.08. The van der Waals surface area contributed by atoms with Crippen LogP contribution in [0.15, 0.2) is 16.8 Å². The predicted molar refractivity (Wildman–Crippen MR) is 63.0 cm³/mol. The summed E-state index contributed by atoms with van der Waals surface area (Å²) in [5.41, 5.74) is 6.89. The normalized spacial score (nSPS) is 30.5. The van der Waals surface area contributed by atoms with Crippen molar-refractivity contribution in [3.05, 3.63) is 22.4 Å². The van der Waals surface area contributed by atoms with E-state index in [-0.39, 0.29) is 12.8 Å². The van der Waals surface area contributed by atoms with E-state index in [0.29, 0.717) is 19.3 Å². The smallest absolute Gasteiger partial charge is 0.325 e. The Bertz CT molecular complexity index is 350. The number of halogens is 3. The number of hydrogen-bond acceptors (Lipinski definition) is 2. The number of hydrogen-bond donors (Lipinski definition) is 1. The molecule has 0 radical (unpaired) electrons. The Morgan fingerprint density at radius 3 is 2.47 bits per heavy atom. The summed E-state index contributed by atoms with van der Waals surface area (Å²) in [4.78, 5) is 0. The second-order valence-electron chi connectivity index (χ2n) is 4.99. The van der Waals surface area contributed by atoms with E-state index in [0.717, 1.165) is 5.56 Å². The fraction of sp³-hybridized carbons (Fsp3) is 0.667. The first-order valence-electron chi connectivity index (χ1n) is 5.76. The first-order valence-corrected chi connectivity index (χ1v) is 6.70. The van der Waals surface area contributed by atoms with Crippen molar-refractivity contribution in [2.24, 2.45) is 11.7 Å². The second kappa shape index (κ2) is 4.61. The van der Waals surface area contributed by atoms with Gasteiger partial charge < -0.3 is 5.73 Å². The molecule has 0 bridgehead atoms. The van der Waals surface area contributed by atoms with Crippen LogP contribution in [0.3, 0.4) is 0 Å². The molecule has 96 valence electrons. The Kier molecular flexibility index (Phi) is 3.50. The molecule has 1 fully saturated rings. The summed E-state index contributed by atoms with van der Waals surface area (Å²) in [6, 6.07) is 2.00. The van der Waals surface area contributed by atoms with E-state index in [1.807, 2.05) is 16.8 Å². The molecule has 0 aromatic carbocycles. The third-order valence-corrected chi connectivity index (χ3v) is 4.31. The largest absolute Gasteiger partial charge is 0.391 e. The van der Waals surface area contributed by atoms with E-state index >= 15 is 0 Å². The maximum atomic E-state index is 12.5. The fourth-order valence-electron chi connectivity index (χ4n) is 2.50. The van der Waals surface area contributed by atoms with Crippen molar-refractivity contribution in [1.82, 2.24) is 0 Å². The molecule has 2 N–H and O–H groups in total. The van der Waals surface area contributed by atoms with Gasteiger partial charge in [0.05, 0.1) is 5.92 Å². The van der Waals surface area contributed by atoms with Crippen LogP contribution in [0.5, 0.6) is 0 Å². The van der Waals surface area contributed by atoms with Gasteiger partial charge in [0.2, 0.25) is 0 Å². The highest BCUT2D eigenvalue weighted by Crippen LogP contribution is 2.41. The van der Waals surface area contributed by atoms with Gasteiger partial charge in [0.15, 0.2) is 0 Å². The standard InChI is InChI=1S/C12H16F3NS/c13-12(14,15)10-1-4-11(16,5-2-10)7-9-3-6-17-8-9/h3,6,8,10H,1-2,4-5,7,16H2. The molecular weight excluding hydrogens is 247 g/mol. The van der Waals surface area contributed by atoms with Crippen LogP contribution in [-0.2, 0) is 6.42 Å². The van der Waals surface area contributed by atoms with Crippen molar-refractivity contribution in [2.45, 2.75) is 43.8 Å². The van der Waals surface area contributed by atoms with Crippen molar-refractivity contribution in [2.75, 3.05) is 0 Å². The average molecular weight is 263 g/mol. The highest BCUT2D eigenvalue weighted by Gasteiger charge is 2.44. The van der Waals surface area contributed by atoms with Gasteiger partial charge >= 0.3 is 6.18 Å². The Labute approximate surface area is 103 Å². The van der Waals surface area contributed by atoms with Crippen LogP contribution in [0.4, 0.5) is 13.2 Å². The zero-order chi connectivity index (χ0) is 12.5. The topological polar surface area (TPSA) is 26.0 Å². The third-order valence-electron chi connectivity index (χ3n) is 3.58. The SMILES string of the molecule is NC1(Cc2ccsc2)CCC(C(F)(F)F)CC1. The van der Waals surface area contributed by atoms with Crippen molar-refractivity contribution in [3.63, 3.8) is 0 Å². The Morgan fingerprint density at radius 1 is 1.35 bits per heavy atom. The van der Waals surface area contributed by atoms with Crippen molar-refractivity contribution in [3.8, 4) is 0 Å². The zero-order valence-electron chi connectivity index (χ0n) is 9.46. The molecule has 1 aromatic heterocycles. The van der Waals surface area contributed by atoms with Gasteiger partial charge in [0.25, 0.3) is 0 Å². The molecule has 1 aliphatic rings. The molecule has 1 nitrogen and oxygen atoms in total. The summed E-state index contributed by atoms with van der Waals surface area (Å²) in [5.74, 6) is -1.15. The molecule has 17 heavy (non-hydrogen) atoms. The molecule has 0 saturated heterocycles. The molecule has 0 unspecified atom stereocenters. The Balaban J connectivity index is 1.93. The van der Waals surface area contributed by atoms with Crippen molar-refractivity contribution >= 4 is 11.3 Å². The molecule has 5 heteroatoms. The number of alkyl halides is 3. The van der Waals surface area contributed by atoms with Crippen LogP contribution in [-0.4, -0.2) is 11.7 Å². The Morgan fingerprint density at radius 2 is 2.00 bits per heavy atom. The Hall–Kier alpha value is -0.550. The van der Waals surface area contributed by atoms with E-state index in [2.05, 4.69) is 0 Å². The molecule has 0 aliphatic heterocycles. The molecular formula is C12H16F3NS. The minimum atomic E-state index is -4.05. The summed E-state index contributed by atoms with van der Waals surface area (Å²) < 4.78 is 37.6. The van der Waals surface area contributed by atoms with Crippen LogP contribution in [0.1, 0.15) is 31.2 Å². The monoisotopic (exact) mass is 263 g/mol. The minimum absolute atomic E-state index is 0.171. The van der Waals surface area contributed by atoms with E-state index < -0.39 is 17.6 Å². The highest BCUT2D eigenvalue weighted by atomic mass is 32.1. The molecule has 0 amide bonds. The molecule has 1 heterocycles. The van der Waals surface area contributed by atoms with Crippen molar-refractivity contribution in [1.29, 1.82) is 0 Å². The molecule has 1 aromatic rings. The van der Waals surface area contributed by atoms with Crippen molar-refractivity contribution < 1.29 is 13.2 Å². The van der Waals surface area contributed by atoms with Gasteiger partial charge in [-0.15, -0.1) is 0 Å². The van der Waals surface area contributed by atoms with Gasteiger partial charge in [-0.25, -0.2) is 0 Å². The molecule has 1 aliphatic carbocycles. The summed E-state index contributed by atoms with van der Waals surface area (Å²) in [6.45, 7) is 0. The molecule has 0 spiro atoms. The lowest BCUT2D eigenvalue weighted by atomic mass is 9.74. The highest BCUT2D eigenvalue weighted by molar-refractivity contribution is 7.07. The van der Waals surface area contributed by atoms with Gasteiger partial charge in [-0.2, -0.15) is 24.5 Å². The predicted octanol–water partition coefficient (Wildman–Crippen LogP) is 3.74. The zero-order valence-corrected chi connectivity index (χ0v) is 10.3. The van der Waals surface area contributed by atoms with Crippen LogP contribution in [0, 0.1) is 5.92 Å². The van der Waals surface area contributed by atoms with Crippen LogP contribution in [0.2, 0.25) is 0 Å². The first-order chi connectivity index (χ1) is 7.89. The number of nitrogens with two attached hydrogens (primary N) is 1. The van der Waals surface area contributed by atoms with Gasteiger partial charge in [0, 0.05) is 5.54 Å². The maximum absolute atomic E-state index is 12.5. The third kappa shape index (κ3) is 3.22. The quantitative estimate of drug-likeness (QED) is 0.864. The second-order valence-corrected chi connectivity index (χ2v) is 5.77. The van der Waals surface area contributed by atoms with E-state index in [9.17, 15) is 13.2 Å². The summed E-state index contributed by atoms with van der Waals surface area (Å²) in [7, 11) is 0. The van der Waals surface area contributed by atoms with E-state index in [1.54, 1.807) is 11.3 Å². The summed E-state index contributed by atoms with van der Waals surface area (Å²) in [5, 5.41) is 3.99. The lowest BCUT2D eigenvalue weighted by Gasteiger charge is -2.37. The minimum Gasteiger partial charge on any atom is -0.325 e. The van der Waals surface area contributed by atoms with Gasteiger partial charge in [-0.3, -0.25) is 0 Å². The van der Waals surface area contributed by atoms with E-state index in [4.69, 9.17) is 5.73 Å². The number of rotatable bonds is 2. The molecule has 2 rings (SSSR count). The average Bonchev–Trinajstić information content (AvgIpc) is 2.68. The summed E-state index contributed by atoms with van der Waals surface area (Å²) >= 11 is 1.60. The van der Waals surface area contributed by atoms with Crippen LogP contribution < -0.4 is 5.73 Å².